The minimum absolute atomic E-state index is 0.0714. The zero-order valence-electron chi connectivity index (χ0n) is 12.9. The molecule has 1 unspecified atom stereocenters. The van der Waals surface area contributed by atoms with Gasteiger partial charge >= 0.3 is 0 Å². The molecule has 1 saturated heterocycles. The average molecular weight is 298 g/mol. The number of para-hydroxylation sites is 1. The van der Waals surface area contributed by atoms with Crippen LogP contribution in [0.2, 0.25) is 0 Å². The lowest BCUT2D eigenvalue weighted by molar-refractivity contribution is 0.0666. The lowest BCUT2D eigenvalue weighted by Gasteiger charge is -2.32. The van der Waals surface area contributed by atoms with Crippen LogP contribution in [0.1, 0.15) is 23.3 Å². The number of rotatable bonds is 4. The van der Waals surface area contributed by atoms with Crippen LogP contribution < -0.4 is 5.32 Å². The molecule has 1 atom stereocenters. The van der Waals surface area contributed by atoms with Gasteiger partial charge in [0.05, 0.1) is 12.5 Å². The van der Waals surface area contributed by atoms with Gasteiger partial charge in [0, 0.05) is 18.8 Å². The fourth-order valence-corrected chi connectivity index (χ4v) is 3.11. The first-order chi connectivity index (χ1) is 10.8. The molecule has 0 spiro atoms. The van der Waals surface area contributed by atoms with Gasteiger partial charge in [-0.1, -0.05) is 18.2 Å². The molecule has 1 aromatic heterocycles. The molecule has 116 valence electrons. The molecule has 5 heteroatoms. The van der Waals surface area contributed by atoms with Gasteiger partial charge in [-0.25, -0.2) is 4.98 Å². The maximum Gasteiger partial charge on any atom is 0.272 e. The Morgan fingerprint density at radius 1 is 1.36 bits per heavy atom. The number of amides is 1. The van der Waals surface area contributed by atoms with E-state index in [2.05, 4.69) is 10.3 Å². The molecule has 1 amide bonds. The Bertz CT molecular complexity index is 621. The minimum atomic E-state index is 0.0714. The van der Waals surface area contributed by atoms with Crippen LogP contribution in [0.25, 0.3) is 5.69 Å². The zero-order chi connectivity index (χ0) is 15.4. The van der Waals surface area contributed by atoms with Crippen molar-refractivity contribution in [2.24, 2.45) is 5.92 Å². The molecule has 0 aliphatic carbocycles. The number of hydrogen-bond acceptors (Lipinski definition) is 3. The summed E-state index contributed by atoms with van der Waals surface area (Å²) < 4.78 is 1.87. The van der Waals surface area contributed by atoms with Crippen LogP contribution in [0.3, 0.4) is 0 Å². The quantitative estimate of drug-likeness (QED) is 0.938. The van der Waals surface area contributed by atoms with E-state index in [0.29, 0.717) is 11.6 Å². The largest absolute Gasteiger partial charge is 0.337 e. The molecular weight excluding hydrogens is 276 g/mol. The van der Waals surface area contributed by atoms with Crippen LogP contribution in [0, 0.1) is 5.92 Å². The van der Waals surface area contributed by atoms with Crippen LogP contribution >= 0.6 is 0 Å². The highest BCUT2D eigenvalue weighted by Gasteiger charge is 2.26. The van der Waals surface area contributed by atoms with E-state index >= 15 is 0 Å². The van der Waals surface area contributed by atoms with E-state index in [-0.39, 0.29) is 5.91 Å². The lowest BCUT2D eigenvalue weighted by atomic mass is 9.98. The Labute approximate surface area is 131 Å². The normalized spacial score (nSPS) is 18.4. The smallest absolute Gasteiger partial charge is 0.272 e. The van der Waals surface area contributed by atoms with Crippen molar-refractivity contribution < 1.29 is 4.79 Å². The Morgan fingerprint density at radius 2 is 2.18 bits per heavy atom. The van der Waals surface area contributed by atoms with Gasteiger partial charge in [0.2, 0.25) is 0 Å². The lowest BCUT2D eigenvalue weighted by Crippen LogP contribution is -2.43. The maximum atomic E-state index is 12.8. The molecule has 2 heterocycles. The second-order valence-corrected chi connectivity index (χ2v) is 5.80. The average Bonchev–Trinajstić information content (AvgIpc) is 3.05. The number of likely N-dealkylation sites (tertiary alicyclic amines) is 1. The molecule has 5 nitrogen and oxygen atoms in total. The molecule has 1 aromatic carbocycles. The van der Waals surface area contributed by atoms with Crippen molar-refractivity contribution in [3.8, 4) is 5.69 Å². The van der Waals surface area contributed by atoms with Crippen molar-refractivity contribution in [1.29, 1.82) is 0 Å². The van der Waals surface area contributed by atoms with Gasteiger partial charge in [-0.05, 0) is 44.5 Å². The summed E-state index contributed by atoms with van der Waals surface area (Å²) in [6, 6.07) is 9.87. The zero-order valence-corrected chi connectivity index (χ0v) is 12.9. The van der Waals surface area contributed by atoms with E-state index in [1.54, 1.807) is 12.5 Å². The van der Waals surface area contributed by atoms with Gasteiger partial charge < -0.3 is 10.2 Å². The number of hydrogen-bond donors (Lipinski definition) is 1. The Morgan fingerprint density at radius 3 is 2.95 bits per heavy atom. The number of benzene rings is 1. The SMILES string of the molecule is CNCC1CCCN(C(=O)c2cncn2-c2ccccc2)C1. The van der Waals surface area contributed by atoms with E-state index in [0.717, 1.165) is 31.7 Å². The summed E-state index contributed by atoms with van der Waals surface area (Å²) in [5.74, 6) is 0.609. The highest BCUT2D eigenvalue weighted by Crippen LogP contribution is 2.19. The Kier molecular flexibility index (Phi) is 4.53. The molecule has 1 aliphatic rings. The van der Waals surface area contributed by atoms with Gasteiger partial charge in [0.1, 0.15) is 5.69 Å². The van der Waals surface area contributed by atoms with Gasteiger partial charge in [0.25, 0.3) is 5.91 Å². The number of nitrogens with zero attached hydrogens (tertiary/aromatic N) is 3. The summed E-state index contributed by atoms with van der Waals surface area (Å²) in [5.41, 5.74) is 1.60. The van der Waals surface area contributed by atoms with Crippen molar-refractivity contribution in [3.63, 3.8) is 0 Å². The molecule has 22 heavy (non-hydrogen) atoms. The number of aromatic nitrogens is 2. The molecule has 1 fully saturated rings. The third-order valence-electron chi connectivity index (χ3n) is 4.19. The third-order valence-corrected chi connectivity index (χ3v) is 4.19. The van der Waals surface area contributed by atoms with Gasteiger partial charge in [-0.2, -0.15) is 0 Å². The van der Waals surface area contributed by atoms with E-state index in [9.17, 15) is 4.79 Å². The third kappa shape index (κ3) is 3.04. The van der Waals surface area contributed by atoms with Crippen molar-refractivity contribution in [3.05, 3.63) is 48.5 Å². The van der Waals surface area contributed by atoms with E-state index in [1.807, 2.05) is 46.8 Å². The van der Waals surface area contributed by atoms with Crippen LogP contribution in [0.4, 0.5) is 0 Å². The number of piperidine rings is 1. The van der Waals surface area contributed by atoms with Crippen LogP contribution in [0.5, 0.6) is 0 Å². The van der Waals surface area contributed by atoms with E-state index in [1.165, 1.54) is 6.42 Å². The number of carbonyl (C=O) groups excluding carboxylic acids is 1. The summed E-state index contributed by atoms with van der Waals surface area (Å²) in [5, 5.41) is 3.21. The second-order valence-electron chi connectivity index (χ2n) is 5.80. The summed E-state index contributed by atoms with van der Waals surface area (Å²) >= 11 is 0. The van der Waals surface area contributed by atoms with Crippen molar-refractivity contribution >= 4 is 5.91 Å². The molecule has 0 bridgehead atoms. The first-order valence-corrected chi connectivity index (χ1v) is 7.81. The molecule has 2 aromatic rings. The summed E-state index contributed by atoms with van der Waals surface area (Å²) in [7, 11) is 1.96. The van der Waals surface area contributed by atoms with Gasteiger partial charge in [-0.15, -0.1) is 0 Å². The summed E-state index contributed by atoms with van der Waals surface area (Å²) in [6.07, 6.45) is 5.62. The van der Waals surface area contributed by atoms with Gasteiger partial charge in [0.15, 0.2) is 0 Å². The van der Waals surface area contributed by atoms with Crippen LogP contribution in [-0.2, 0) is 0 Å². The summed E-state index contributed by atoms with van der Waals surface area (Å²) in [4.78, 5) is 19.0. The molecular formula is C17H22N4O. The highest BCUT2D eigenvalue weighted by molar-refractivity contribution is 5.93. The first kappa shape index (κ1) is 14.8. The Balaban J connectivity index is 1.80. The fourth-order valence-electron chi connectivity index (χ4n) is 3.11. The molecule has 1 N–H and O–H groups in total. The van der Waals surface area contributed by atoms with Crippen molar-refractivity contribution in [1.82, 2.24) is 19.8 Å². The predicted octanol–water partition coefficient (Wildman–Crippen LogP) is 1.94. The number of imidazole rings is 1. The highest BCUT2D eigenvalue weighted by atomic mass is 16.2. The minimum Gasteiger partial charge on any atom is -0.337 e. The van der Waals surface area contributed by atoms with Crippen molar-refractivity contribution in [2.75, 3.05) is 26.7 Å². The van der Waals surface area contributed by atoms with E-state index in [4.69, 9.17) is 0 Å². The molecule has 1 aliphatic heterocycles. The second kappa shape index (κ2) is 6.75. The monoisotopic (exact) mass is 298 g/mol. The Hall–Kier alpha value is -2.14. The first-order valence-electron chi connectivity index (χ1n) is 7.81. The molecule has 0 saturated carbocycles. The topological polar surface area (TPSA) is 50.2 Å². The van der Waals surface area contributed by atoms with Crippen molar-refractivity contribution in [2.45, 2.75) is 12.8 Å². The molecule has 0 radical (unpaired) electrons. The molecule has 3 rings (SSSR count). The number of carbonyl (C=O) groups is 1. The predicted molar refractivity (Wildman–Crippen MR) is 86.1 cm³/mol. The number of nitrogens with one attached hydrogen (secondary N) is 1. The van der Waals surface area contributed by atoms with E-state index < -0.39 is 0 Å². The standard InChI is InChI=1S/C17H22N4O/c1-18-10-14-6-5-9-20(12-14)17(22)16-11-19-13-21(16)15-7-3-2-4-8-15/h2-4,7-8,11,13-14,18H,5-6,9-10,12H2,1H3. The van der Waals surface area contributed by atoms with Crippen LogP contribution in [0.15, 0.2) is 42.9 Å². The fraction of sp³-hybridized carbons (Fsp3) is 0.412. The maximum absolute atomic E-state index is 12.8. The van der Waals surface area contributed by atoms with Crippen LogP contribution in [-0.4, -0.2) is 47.0 Å². The summed E-state index contributed by atoms with van der Waals surface area (Å²) in [6.45, 7) is 2.61. The van der Waals surface area contributed by atoms with Gasteiger partial charge in [-0.3, -0.25) is 9.36 Å².